The molecule has 1 N–H and O–H groups in total. The van der Waals surface area contributed by atoms with E-state index in [1.807, 2.05) is 12.1 Å². The summed E-state index contributed by atoms with van der Waals surface area (Å²) in [5.41, 5.74) is 2.10. The minimum Gasteiger partial charge on any atom is -0.385 e. The second-order valence-corrected chi connectivity index (χ2v) is 5.13. The van der Waals surface area contributed by atoms with E-state index in [-0.39, 0.29) is 5.82 Å². The van der Waals surface area contributed by atoms with Gasteiger partial charge in [0, 0.05) is 6.42 Å². The highest BCUT2D eigenvalue weighted by atomic mass is 19.1. The first-order chi connectivity index (χ1) is 9.01. The Labute approximate surface area is 113 Å². The van der Waals surface area contributed by atoms with Gasteiger partial charge in [0.05, 0.1) is 5.60 Å². The second kappa shape index (κ2) is 5.54. The highest BCUT2D eigenvalue weighted by molar-refractivity contribution is 5.28. The van der Waals surface area contributed by atoms with Gasteiger partial charge in [-0.15, -0.1) is 0 Å². The number of aliphatic hydroxyl groups is 1. The van der Waals surface area contributed by atoms with E-state index < -0.39 is 5.60 Å². The van der Waals surface area contributed by atoms with Crippen molar-refractivity contribution in [1.29, 1.82) is 0 Å². The molecule has 0 amide bonds. The van der Waals surface area contributed by atoms with E-state index in [4.69, 9.17) is 0 Å². The first kappa shape index (κ1) is 13.8. The first-order valence-electron chi connectivity index (χ1n) is 6.57. The average molecular weight is 258 g/mol. The van der Waals surface area contributed by atoms with Crippen LogP contribution in [0.15, 0.2) is 48.5 Å². The van der Waals surface area contributed by atoms with Crippen LogP contribution in [0.25, 0.3) is 0 Å². The van der Waals surface area contributed by atoms with Gasteiger partial charge in [-0.1, -0.05) is 43.3 Å². The zero-order chi connectivity index (χ0) is 13.9. The van der Waals surface area contributed by atoms with Gasteiger partial charge < -0.3 is 5.11 Å². The maximum absolute atomic E-state index is 12.9. The van der Waals surface area contributed by atoms with Gasteiger partial charge in [0.2, 0.25) is 0 Å². The van der Waals surface area contributed by atoms with Crippen LogP contribution in [0.1, 0.15) is 30.5 Å². The van der Waals surface area contributed by atoms with Gasteiger partial charge in [-0.3, -0.25) is 0 Å². The smallest absolute Gasteiger partial charge is 0.123 e. The molecule has 0 aliphatic carbocycles. The predicted octanol–water partition coefficient (Wildman–Crippen LogP) is 3.84. The van der Waals surface area contributed by atoms with E-state index in [9.17, 15) is 9.50 Å². The Hall–Kier alpha value is -1.67. The summed E-state index contributed by atoms with van der Waals surface area (Å²) in [7, 11) is 0. The van der Waals surface area contributed by atoms with Crippen LogP contribution in [-0.2, 0) is 18.4 Å². The summed E-state index contributed by atoms with van der Waals surface area (Å²) in [6.45, 7) is 3.87. The molecule has 2 heteroatoms. The van der Waals surface area contributed by atoms with Gasteiger partial charge in [0.1, 0.15) is 5.82 Å². The molecule has 2 aromatic rings. The Morgan fingerprint density at radius 3 is 2.00 bits per heavy atom. The lowest BCUT2D eigenvalue weighted by Gasteiger charge is -2.24. The zero-order valence-electron chi connectivity index (χ0n) is 11.4. The highest BCUT2D eigenvalue weighted by Crippen LogP contribution is 2.25. The summed E-state index contributed by atoms with van der Waals surface area (Å²) in [4.78, 5) is 0. The minimum atomic E-state index is -0.985. The van der Waals surface area contributed by atoms with Gasteiger partial charge in [0.25, 0.3) is 0 Å². The largest absolute Gasteiger partial charge is 0.385 e. The Kier molecular flexibility index (Phi) is 4.01. The lowest BCUT2D eigenvalue weighted by Crippen LogP contribution is -2.24. The SMILES string of the molecule is CCc1ccc(CC(C)(O)c2ccc(F)cc2)cc1. The van der Waals surface area contributed by atoms with Crippen LogP contribution in [0, 0.1) is 5.82 Å². The summed E-state index contributed by atoms with van der Waals surface area (Å²) in [6.07, 6.45) is 1.53. The quantitative estimate of drug-likeness (QED) is 0.883. The molecule has 100 valence electrons. The zero-order valence-corrected chi connectivity index (χ0v) is 11.4. The molecule has 0 bridgehead atoms. The molecule has 19 heavy (non-hydrogen) atoms. The molecule has 1 nitrogen and oxygen atoms in total. The maximum atomic E-state index is 12.9. The molecule has 2 rings (SSSR count). The minimum absolute atomic E-state index is 0.285. The number of aryl methyl sites for hydroxylation is 1. The Bertz CT molecular complexity index is 526. The third kappa shape index (κ3) is 3.42. The van der Waals surface area contributed by atoms with E-state index >= 15 is 0 Å². The monoisotopic (exact) mass is 258 g/mol. The normalized spacial score (nSPS) is 14.1. The molecule has 0 saturated carbocycles. The standard InChI is InChI=1S/C17H19FO/c1-3-13-4-6-14(7-5-13)12-17(2,19)15-8-10-16(18)11-9-15/h4-11,19H,3,12H2,1-2H3. The molecule has 0 heterocycles. The van der Waals surface area contributed by atoms with Crippen LogP contribution in [0.2, 0.25) is 0 Å². The topological polar surface area (TPSA) is 20.2 Å². The molecule has 1 unspecified atom stereocenters. The molecule has 0 spiro atoms. The lowest BCUT2D eigenvalue weighted by molar-refractivity contribution is 0.0575. The maximum Gasteiger partial charge on any atom is 0.123 e. The van der Waals surface area contributed by atoms with E-state index in [0.717, 1.165) is 17.5 Å². The van der Waals surface area contributed by atoms with Crippen LogP contribution in [-0.4, -0.2) is 5.11 Å². The van der Waals surface area contributed by atoms with Gasteiger partial charge in [-0.25, -0.2) is 4.39 Å². The average Bonchev–Trinajstić information content (AvgIpc) is 2.40. The van der Waals surface area contributed by atoms with Crippen molar-refractivity contribution in [1.82, 2.24) is 0 Å². The third-order valence-corrected chi connectivity index (χ3v) is 3.45. The summed E-state index contributed by atoms with van der Waals surface area (Å²) >= 11 is 0. The summed E-state index contributed by atoms with van der Waals surface area (Å²) in [5, 5.41) is 10.5. The third-order valence-electron chi connectivity index (χ3n) is 3.45. The molecule has 1 atom stereocenters. The van der Waals surface area contributed by atoms with Crippen LogP contribution in [0.5, 0.6) is 0 Å². The summed E-state index contributed by atoms with van der Waals surface area (Å²) in [5.74, 6) is -0.285. The number of rotatable bonds is 4. The van der Waals surface area contributed by atoms with Gasteiger partial charge in [0.15, 0.2) is 0 Å². The van der Waals surface area contributed by atoms with Crippen LogP contribution < -0.4 is 0 Å². The van der Waals surface area contributed by atoms with Crippen molar-refractivity contribution in [2.75, 3.05) is 0 Å². The van der Waals surface area contributed by atoms with Crippen molar-refractivity contribution in [2.24, 2.45) is 0 Å². The summed E-state index contributed by atoms with van der Waals surface area (Å²) in [6, 6.07) is 14.3. The Morgan fingerprint density at radius 1 is 0.947 bits per heavy atom. The fourth-order valence-electron chi connectivity index (χ4n) is 2.20. The molecule has 2 aromatic carbocycles. The molecule has 0 radical (unpaired) electrons. The lowest BCUT2D eigenvalue weighted by atomic mass is 9.89. The second-order valence-electron chi connectivity index (χ2n) is 5.13. The van der Waals surface area contributed by atoms with Crippen molar-refractivity contribution >= 4 is 0 Å². The van der Waals surface area contributed by atoms with Crippen molar-refractivity contribution in [3.63, 3.8) is 0 Å². The van der Waals surface area contributed by atoms with Gasteiger partial charge in [-0.05, 0) is 42.2 Å². The van der Waals surface area contributed by atoms with E-state index in [0.29, 0.717) is 6.42 Å². The van der Waals surface area contributed by atoms with Crippen LogP contribution in [0.4, 0.5) is 4.39 Å². The molecular weight excluding hydrogens is 239 g/mol. The fraction of sp³-hybridized carbons (Fsp3) is 0.294. The van der Waals surface area contributed by atoms with E-state index in [1.165, 1.54) is 17.7 Å². The van der Waals surface area contributed by atoms with Crippen LogP contribution in [0.3, 0.4) is 0 Å². The van der Waals surface area contributed by atoms with Crippen LogP contribution >= 0.6 is 0 Å². The first-order valence-corrected chi connectivity index (χ1v) is 6.57. The van der Waals surface area contributed by atoms with Gasteiger partial charge in [-0.2, -0.15) is 0 Å². The molecular formula is C17H19FO. The summed E-state index contributed by atoms with van der Waals surface area (Å²) < 4.78 is 12.9. The molecule has 0 saturated heterocycles. The number of benzene rings is 2. The Balaban J connectivity index is 2.17. The van der Waals surface area contributed by atoms with Crippen molar-refractivity contribution in [2.45, 2.75) is 32.3 Å². The number of hydrogen-bond donors (Lipinski definition) is 1. The highest BCUT2D eigenvalue weighted by Gasteiger charge is 2.23. The van der Waals surface area contributed by atoms with Crippen molar-refractivity contribution in [3.05, 3.63) is 71.0 Å². The van der Waals surface area contributed by atoms with Crippen molar-refractivity contribution < 1.29 is 9.50 Å². The number of halogens is 1. The van der Waals surface area contributed by atoms with Gasteiger partial charge >= 0.3 is 0 Å². The Morgan fingerprint density at radius 2 is 1.47 bits per heavy atom. The molecule has 0 aliphatic rings. The molecule has 0 aliphatic heterocycles. The number of hydrogen-bond acceptors (Lipinski definition) is 1. The molecule has 0 fully saturated rings. The van der Waals surface area contributed by atoms with Crippen molar-refractivity contribution in [3.8, 4) is 0 Å². The van der Waals surface area contributed by atoms with E-state index in [2.05, 4.69) is 19.1 Å². The van der Waals surface area contributed by atoms with E-state index in [1.54, 1.807) is 19.1 Å². The molecule has 0 aromatic heterocycles. The predicted molar refractivity (Wildman–Crippen MR) is 75.5 cm³/mol. The fourth-order valence-corrected chi connectivity index (χ4v) is 2.20.